The predicted octanol–water partition coefficient (Wildman–Crippen LogP) is 7.83. The third-order valence-corrected chi connectivity index (χ3v) is 10.5. The molecule has 0 amide bonds. The van der Waals surface area contributed by atoms with E-state index >= 15 is 0 Å². The highest BCUT2D eigenvalue weighted by Crippen LogP contribution is 2.35. The smallest absolute Gasteiger partial charge is 0.128 e. The van der Waals surface area contributed by atoms with Crippen LogP contribution in [0.2, 0.25) is 0 Å². The summed E-state index contributed by atoms with van der Waals surface area (Å²) >= 11 is 0. The Morgan fingerprint density at radius 2 is 1.08 bits per heavy atom. The Labute approximate surface area is 287 Å². The van der Waals surface area contributed by atoms with Crippen LogP contribution in [-0.4, -0.2) is 55.7 Å². The molecule has 3 aliphatic rings. The number of rotatable bonds is 8. The third kappa shape index (κ3) is 5.98. The molecular weight excluding hydrogens is 607 g/mol. The van der Waals surface area contributed by atoms with Gasteiger partial charge < -0.3 is 30.1 Å². The van der Waals surface area contributed by atoms with Gasteiger partial charge in [0.05, 0.1) is 46.7 Å². The summed E-state index contributed by atoms with van der Waals surface area (Å²) in [6.07, 6.45) is 14.5. The molecule has 4 N–H and O–H groups in total. The molecule has 0 aliphatic carbocycles. The van der Waals surface area contributed by atoms with Gasteiger partial charge in [-0.1, -0.05) is 48.5 Å². The molecule has 3 fully saturated rings. The van der Waals surface area contributed by atoms with Crippen molar-refractivity contribution in [3.63, 3.8) is 0 Å². The molecule has 248 valence electrons. The molecule has 0 radical (unpaired) electrons. The fourth-order valence-electron chi connectivity index (χ4n) is 7.77. The quantitative estimate of drug-likeness (QED) is 0.134. The monoisotopic (exact) mass is 649 g/mol. The minimum Gasteiger partial charge on any atom is -0.357 e. The molecule has 2 aromatic carbocycles. The maximum absolute atomic E-state index is 4.98. The summed E-state index contributed by atoms with van der Waals surface area (Å²) in [6.45, 7) is 4.27. The summed E-state index contributed by atoms with van der Waals surface area (Å²) in [5, 5.41) is 7.08. The molecule has 6 aromatic rings. The topological polar surface area (TPSA) is 102 Å². The largest absolute Gasteiger partial charge is 0.357 e. The normalized spacial score (nSPS) is 19.6. The number of aromatic nitrogens is 6. The Balaban J connectivity index is 1.04. The molecule has 2 unspecified atom stereocenters. The van der Waals surface area contributed by atoms with Crippen LogP contribution >= 0.6 is 0 Å². The molecule has 0 bridgehead atoms. The zero-order valence-corrected chi connectivity index (χ0v) is 27.8. The van der Waals surface area contributed by atoms with Gasteiger partial charge in [-0.2, -0.15) is 0 Å². The highest BCUT2D eigenvalue weighted by atomic mass is 15.2. The molecule has 9 heteroatoms. The number of anilines is 1. The summed E-state index contributed by atoms with van der Waals surface area (Å²) in [7, 11) is 0. The lowest BCUT2D eigenvalue weighted by atomic mass is 10.1. The van der Waals surface area contributed by atoms with E-state index in [1.165, 1.54) is 32.1 Å². The van der Waals surface area contributed by atoms with Crippen molar-refractivity contribution in [2.45, 2.75) is 57.0 Å². The first kappa shape index (κ1) is 30.1. The SMILES string of the molecule is c1cc(-c2ccc(-c3ccc(-c4c[nH]c(C5CCCN5)n4)cc3)n2-c2ccc(N3CCCCC3)nc2)ccc1-c1c[nH]c(C2CCCN2)n1. The van der Waals surface area contributed by atoms with Gasteiger partial charge in [0.25, 0.3) is 0 Å². The summed E-state index contributed by atoms with van der Waals surface area (Å²) in [5.74, 6) is 3.12. The minimum absolute atomic E-state index is 0.324. The van der Waals surface area contributed by atoms with Crippen LogP contribution in [0.3, 0.4) is 0 Å². The fraction of sp³-hybridized carbons (Fsp3) is 0.325. The van der Waals surface area contributed by atoms with Crippen LogP contribution in [0, 0.1) is 0 Å². The zero-order valence-electron chi connectivity index (χ0n) is 27.8. The second-order valence-electron chi connectivity index (χ2n) is 13.7. The molecule has 7 heterocycles. The van der Waals surface area contributed by atoms with Crippen LogP contribution in [0.4, 0.5) is 5.82 Å². The van der Waals surface area contributed by atoms with Crippen LogP contribution in [0.15, 0.2) is 91.4 Å². The van der Waals surface area contributed by atoms with Gasteiger partial charge in [-0.15, -0.1) is 0 Å². The summed E-state index contributed by atoms with van der Waals surface area (Å²) in [6, 6.07) is 27.1. The first-order chi connectivity index (χ1) is 24.3. The fourth-order valence-corrected chi connectivity index (χ4v) is 7.77. The summed E-state index contributed by atoms with van der Waals surface area (Å²) in [5.41, 5.74) is 9.75. The van der Waals surface area contributed by atoms with E-state index < -0.39 is 0 Å². The number of nitrogens with one attached hydrogen (secondary N) is 4. The highest BCUT2D eigenvalue weighted by molar-refractivity contribution is 5.76. The van der Waals surface area contributed by atoms with Crippen molar-refractivity contribution in [1.29, 1.82) is 0 Å². The van der Waals surface area contributed by atoms with Gasteiger partial charge >= 0.3 is 0 Å². The van der Waals surface area contributed by atoms with Gasteiger partial charge in [-0.05, 0) is 93.4 Å². The van der Waals surface area contributed by atoms with Crippen LogP contribution < -0.4 is 15.5 Å². The van der Waals surface area contributed by atoms with Gasteiger partial charge in [0.2, 0.25) is 0 Å². The minimum atomic E-state index is 0.324. The maximum Gasteiger partial charge on any atom is 0.128 e. The Kier molecular flexibility index (Phi) is 8.07. The lowest BCUT2D eigenvalue weighted by molar-refractivity contribution is 0.573. The van der Waals surface area contributed by atoms with E-state index in [9.17, 15) is 0 Å². The van der Waals surface area contributed by atoms with Gasteiger partial charge in [-0.3, -0.25) is 0 Å². The van der Waals surface area contributed by atoms with Crippen LogP contribution in [0.5, 0.6) is 0 Å². The molecule has 0 spiro atoms. The second kappa shape index (κ2) is 13.1. The van der Waals surface area contributed by atoms with Gasteiger partial charge in [0.15, 0.2) is 0 Å². The molecule has 3 aliphatic heterocycles. The molecule has 2 atom stereocenters. The first-order valence-corrected chi connectivity index (χ1v) is 18.0. The number of pyridine rings is 1. The number of piperidine rings is 1. The van der Waals surface area contributed by atoms with Crippen LogP contribution in [-0.2, 0) is 0 Å². The Morgan fingerprint density at radius 1 is 0.551 bits per heavy atom. The van der Waals surface area contributed by atoms with E-state index in [-0.39, 0.29) is 0 Å². The van der Waals surface area contributed by atoms with Crippen molar-refractivity contribution in [2.75, 3.05) is 31.1 Å². The highest BCUT2D eigenvalue weighted by Gasteiger charge is 2.22. The van der Waals surface area contributed by atoms with Gasteiger partial charge in [0.1, 0.15) is 17.5 Å². The van der Waals surface area contributed by atoms with Crippen molar-refractivity contribution in [3.8, 4) is 50.7 Å². The number of aromatic amines is 2. The lowest BCUT2D eigenvalue weighted by Crippen LogP contribution is -2.30. The van der Waals surface area contributed by atoms with Crippen molar-refractivity contribution in [1.82, 2.24) is 40.1 Å². The first-order valence-electron chi connectivity index (χ1n) is 18.0. The third-order valence-electron chi connectivity index (χ3n) is 10.5. The standard InChI is InChI=1S/C40H43N9/c1-2-22-48(23-3-1)38-19-16-31(24-43-38)49-36(29-12-8-27(9-13-29)34-25-44-39(46-34)32-6-4-20-41-32)17-18-37(49)30-14-10-28(11-15-30)35-26-45-40(47-35)33-7-5-21-42-33/h8-19,24-26,32-33,41-42H,1-7,20-23H2,(H,44,46)(H,45,47). The van der Waals surface area contributed by atoms with E-state index in [2.05, 4.69) is 103 Å². The summed E-state index contributed by atoms with van der Waals surface area (Å²) in [4.78, 5) is 24.0. The van der Waals surface area contributed by atoms with Crippen molar-refractivity contribution in [3.05, 3.63) is 103 Å². The van der Waals surface area contributed by atoms with Crippen molar-refractivity contribution >= 4 is 5.82 Å². The van der Waals surface area contributed by atoms with Crippen molar-refractivity contribution < 1.29 is 0 Å². The molecule has 9 nitrogen and oxygen atoms in total. The lowest BCUT2D eigenvalue weighted by Gasteiger charge is -2.27. The molecule has 0 saturated carbocycles. The van der Waals surface area contributed by atoms with E-state index in [4.69, 9.17) is 15.0 Å². The van der Waals surface area contributed by atoms with E-state index in [0.717, 1.165) is 107 Å². The van der Waals surface area contributed by atoms with E-state index in [0.29, 0.717) is 12.1 Å². The number of H-pyrrole nitrogens is 2. The number of nitrogens with zero attached hydrogens (tertiary/aromatic N) is 5. The molecular formula is C40H43N9. The van der Waals surface area contributed by atoms with E-state index in [1.54, 1.807) is 0 Å². The molecule has 49 heavy (non-hydrogen) atoms. The molecule has 9 rings (SSSR count). The Hall–Kier alpha value is -4.99. The van der Waals surface area contributed by atoms with Gasteiger partial charge in [0, 0.05) is 36.6 Å². The number of benzene rings is 2. The molecule has 4 aromatic heterocycles. The average molecular weight is 650 g/mol. The zero-order chi connectivity index (χ0) is 32.6. The second-order valence-corrected chi connectivity index (χ2v) is 13.7. The number of imidazole rings is 2. The van der Waals surface area contributed by atoms with Crippen LogP contribution in [0.1, 0.15) is 68.7 Å². The maximum atomic E-state index is 4.98. The number of hydrogen-bond acceptors (Lipinski definition) is 6. The average Bonchev–Trinajstić information content (AvgIpc) is 4.02. The number of hydrogen-bond donors (Lipinski definition) is 4. The van der Waals surface area contributed by atoms with Crippen molar-refractivity contribution in [2.24, 2.45) is 0 Å². The van der Waals surface area contributed by atoms with E-state index in [1.807, 2.05) is 18.6 Å². The van der Waals surface area contributed by atoms with Crippen LogP contribution in [0.25, 0.3) is 50.7 Å². The van der Waals surface area contributed by atoms with Gasteiger partial charge in [-0.25, -0.2) is 15.0 Å². The Bertz CT molecular complexity index is 1880. The Morgan fingerprint density at radius 3 is 1.55 bits per heavy atom. The molecule has 3 saturated heterocycles. The predicted molar refractivity (Wildman–Crippen MR) is 196 cm³/mol. The summed E-state index contributed by atoms with van der Waals surface area (Å²) < 4.78 is 2.34.